The van der Waals surface area contributed by atoms with Crippen molar-refractivity contribution in [3.05, 3.63) is 48.0 Å². The zero-order valence-corrected chi connectivity index (χ0v) is 17.5. The second-order valence-electron chi connectivity index (χ2n) is 7.76. The van der Waals surface area contributed by atoms with Gasteiger partial charge in [-0.25, -0.2) is 0 Å². The molecule has 8 nitrogen and oxygen atoms in total. The van der Waals surface area contributed by atoms with Crippen molar-refractivity contribution >= 4 is 29.1 Å². The van der Waals surface area contributed by atoms with Gasteiger partial charge in [-0.3, -0.25) is 14.4 Å². The first kappa shape index (κ1) is 20.7. The van der Waals surface area contributed by atoms with Crippen molar-refractivity contribution in [2.75, 3.05) is 23.6 Å². The van der Waals surface area contributed by atoms with Crippen molar-refractivity contribution in [3.8, 4) is 11.5 Å². The first-order chi connectivity index (χ1) is 15.0. The molecule has 0 aliphatic carbocycles. The summed E-state index contributed by atoms with van der Waals surface area (Å²) < 4.78 is 10.7. The molecule has 2 aromatic rings. The number of carbonyl (C=O) groups is 3. The van der Waals surface area contributed by atoms with E-state index in [9.17, 15) is 14.4 Å². The van der Waals surface area contributed by atoms with Crippen LogP contribution in [0.3, 0.4) is 0 Å². The second-order valence-corrected chi connectivity index (χ2v) is 7.76. The molecule has 3 amide bonds. The third-order valence-electron chi connectivity index (χ3n) is 5.58. The van der Waals surface area contributed by atoms with Crippen molar-refractivity contribution in [2.24, 2.45) is 5.92 Å². The summed E-state index contributed by atoms with van der Waals surface area (Å²) in [6, 6.07) is 12.2. The lowest BCUT2D eigenvalue weighted by atomic mass is 10.1. The van der Waals surface area contributed by atoms with E-state index in [1.54, 1.807) is 47.4 Å². The lowest BCUT2D eigenvalue weighted by Crippen LogP contribution is -2.33. The zero-order chi connectivity index (χ0) is 22.0. The quantitative estimate of drug-likeness (QED) is 0.745. The number of ether oxygens (including phenoxy) is 2. The minimum atomic E-state index is -0.524. The Bertz CT molecular complexity index is 1020. The summed E-state index contributed by atoms with van der Waals surface area (Å²) in [7, 11) is 0. The van der Waals surface area contributed by atoms with Crippen LogP contribution in [0.2, 0.25) is 0 Å². The normalized spacial score (nSPS) is 18.1. The number of hydrogen-bond donors (Lipinski definition) is 2. The number of fused-ring (bicyclic) bond motifs is 1. The molecule has 31 heavy (non-hydrogen) atoms. The number of para-hydroxylation sites is 1. The highest BCUT2D eigenvalue weighted by molar-refractivity contribution is 6.07. The molecular weight excluding hydrogens is 398 g/mol. The Kier molecular flexibility index (Phi) is 5.79. The summed E-state index contributed by atoms with van der Waals surface area (Å²) in [5.41, 5.74) is 1.49. The molecule has 0 unspecified atom stereocenters. The Morgan fingerprint density at radius 2 is 1.94 bits per heavy atom. The number of amides is 3. The van der Waals surface area contributed by atoms with E-state index in [-0.39, 0.29) is 43.5 Å². The number of nitrogens with zero attached hydrogens (tertiary/aromatic N) is 1. The van der Waals surface area contributed by atoms with Crippen molar-refractivity contribution in [3.63, 3.8) is 0 Å². The SMILES string of the molecule is CC[C@@H](C)NC(=O)c1ccccc1NC(=O)[C@@H]1CC(=O)N(c2ccc3c(c2)OCO3)C1. The summed E-state index contributed by atoms with van der Waals surface area (Å²) in [5, 5.41) is 5.75. The van der Waals surface area contributed by atoms with Gasteiger partial charge in [0.1, 0.15) is 0 Å². The lowest BCUT2D eigenvalue weighted by molar-refractivity contribution is -0.122. The van der Waals surface area contributed by atoms with Crippen LogP contribution >= 0.6 is 0 Å². The number of nitrogens with one attached hydrogen (secondary N) is 2. The van der Waals surface area contributed by atoms with Gasteiger partial charge in [0, 0.05) is 30.8 Å². The van der Waals surface area contributed by atoms with Crippen LogP contribution in [0.25, 0.3) is 0 Å². The molecule has 4 rings (SSSR count). The Hall–Kier alpha value is -3.55. The minimum absolute atomic E-state index is 0.0268. The number of hydrogen-bond acceptors (Lipinski definition) is 5. The van der Waals surface area contributed by atoms with E-state index in [0.717, 1.165) is 6.42 Å². The molecular formula is C23H25N3O5. The van der Waals surface area contributed by atoms with Crippen LogP contribution in [0, 0.1) is 5.92 Å². The Morgan fingerprint density at radius 3 is 2.74 bits per heavy atom. The highest BCUT2D eigenvalue weighted by atomic mass is 16.7. The average Bonchev–Trinajstić information content (AvgIpc) is 3.39. The van der Waals surface area contributed by atoms with Gasteiger partial charge in [0.25, 0.3) is 5.91 Å². The van der Waals surface area contributed by atoms with E-state index < -0.39 is 5.92 Å². The number of benzene rings is 2. The Morgan fingerprint density at radius 1 is 1.16 bits per heavy atom. The van der Waals surface area contributed by atoms with E-state index in [4.69, 9.17) is 9.47 Å². The summed E-state index contributed by atoms with van der Waals surface area (Å²) in [5.74, 6) is 0.0250. The molecule has 162 valence electrons. The Balaban J connectivity index is 1.45. The van der Waals surface area contributed by atoms with Crippen molar-refractivity contribution in [1.82, 2.24) is 5.32 Å². The van der Waals surface area contributed by atoms with Crippen molar-refractivity contribution in [1.29, 1.82) is 0 Å². The summed E-state index contributed by atoms with van der Waals surface area (Å²) in [6.07, 6.45) is 0.904. The van der Waals surface area contributed by atoms with Gasteiger partial charge in [0.2, 0.25) is 18.6 Å². The molecule has 2 aliphatic heterocycles. The fourth-order valence-corrected chi connectivity index (χ4v) is 3.61. The van der Waals surface area contributed by atoms with Gasteiger partial charge in [-0.2, -0.15) is 0 Å². The van der Waals surface area contributed by atoms with E-state index in [2.05, 4.69) is 10.6 Å². The van der Waals surface area contributed by atoms with Crippen LogP contribution in [0.15, 0.2) is 42.5 Å². The maximum atomic E-state index is 12.9. The molecule has 2 N–H and O–H groups in total. The van der Waals surface area contributed by atoms with E-state index in [0.29, 0.717) is 28.4 Å². The van der Waals surface area contributed by atoms with Crippen LogP contribution in [-0.2, 0) is 9.59 Å². The van der Waals surface area contributed by atoms with Gasteiger partial charge in [-0.15, -0.1) is 0 Å². The maximum absolute atomic E-state index is 12.9. The smallest absolute Gasteiger partial charge is 0.253 e. The van der Waals surface area contributed by atoms with Crippen LogP contribution in [0.5, 0.6) is 11.5 Å². The Labute approximate surface area is 180 Å². The van der Waals surface area contributed by atoms with Gasteiger partial charge in [-0.05, 0) is 37.6 Å². The van der Waals surface area contributed by atoms with E-state index in [1.807, 2.05) is 13.8 Å². The maximum Gasteiger partial charge on any atom is 0.253 e. The van der Waals surface area contributed by atoms with Crippen LogP contribution in [0.1, 0.15) is 37.0 Å². The molecule has 2 aromatic carbocycles. The molecule has 8 heteroatoms. The topological polar surface area (TPSA) is 97.0 Å². The largest absolute Gasteiger partial charge is 0.454 e. The molecule has 0 radical (unpaired) electrons. The molecule has 0 aromatic heterocycles. The van der Waals surface area contributed by atoms with Crippen molar-refractivity contribution in [2.45, 2.75) is 32.7 Å². The van der Waals surface area contributed by atoms with Gasteiger partial charge >= 0.3 is 0 Å². The fourth-order valence-electron chi connectivity index (χ4n) is 3.61. The molecule has 0 spiro atoms. The van der Waals surface area contributed by atoms with Gasteiger partial charge in [-0.1, -0.05) is 19.1 Å². The molecule has 1 saturated heterocycles. The van der Waals surface area contributed by atoms with Gasteiger partial charge in [0.05, 0.1) is 17.2 Å². The zero-order valence-electron chi connectivity index (χ0n) is 17.5. The van der Waals surface area contributed by atoms with Crippen LogP contribution < -0.4 is 25.0 Å². The average molecular weight is 423 g/mol. The predicted octanol–water partition coefficient (Wildman–Crippen LogP) is 2.94. The number of carbonyl (C=O) groups excluding carboxylic acids is 3. The monoisotopic (exact) mass is 423 g/mol. The van der Waals surface area contributed by atoms with Crippen LogP contribution in [-0.4, -0.2) is 37.1 Å². The summed E-state index contributed by atoms with van der Waals surface area (Å²) in [4.78, 5) is 39.6. The van der Waals surface area contributed by atoms with Gasteiger partial charge < -0.3 is 25.0 Å². The lowest BCUT2D eigenvalue weighted by Gasteiger charge is -2.18. The highest BCUT2D eigenvalue weighted by Gasteiger charge is 2.36. The van der Waals surface area contributed by atoms with E-state index >= 15 is 0 Å². The minimum Gasteiger partial charge on any atom is -0.454 e. The third-order valence-corrected chi connectivity index (χ3v) is 5.58. The highest BCUT2D eigenvalue weighted by Crippen LogP contribution is 2.37. The fraction of sp³-hybridized carbons (Fsp3) is 0.348. The predicted molar refractivity (Wildman–Crippen MR) is 115 cm³/mol. The first-order valence-corrected chi connectivity index (χ1v) is 10.4. The number of anilines is 2. The molecule has 0 saturated carbocycles. The number of rotatable bonds is 6. The second kappa shape index (κ2) is 8.67. The molecule has 1 fully saturated rings. The standard InChI is InChI=1S/C23H25N3O5/c1-3-14(2)24-23(29)17-6-4-5-7-18(17)25-22(28)15-10-21(27)26(12-15)16-8-9-19-20(11-16)31-13-30-19/h4-9,11,14-15H,3,10,12-13H2,1-2H3,(H,24,29)(H,25,28)/t14-,15-/m1/s1. The molecule has 0 bridgehead atoms. The van der Waals surface area contributed by atoms with Gasteiger partial charge in [0.15, 0.2) is 11.5 Å². The van der Waals surface area contributed by atoms with Crippen LogP contribution in [0.4, 0.5) is 11.4 Å². The molecule has 2 aliphatic rings. The van der Waals surface area contributed by atoms with E-state index in [1.165, 1.54) is 0 Å². The molecule has 2 heterocycles. The summed E-state index contributed by atoms with van der Waals surface area (Å²) in [6.45, 7) is 4.32. The first-order valence-electron chi connectivity index (χ1n) is 10.4. The third kappa shape index (κ3) is 4.33. The van der Waals surface area contributed by atoms with Crippen molar-refractivity contribution < 1.29 is 23.9 Å². The molecule has 2 atom stereocenters. The summed E-state index contributed by atoms with van der Waals surface area (Å²) >= 11 is 0.